The van der Waals surface area contributed by atoms with Gasteiger partial charge in [0.15, 0.2) is 25.0 Å². The summed E-state index contributed by atoms with van der Waals surface area (Å²) in [7, 11) is 6.47. The maximum absolute atomic E-state index is 14.2. The van der Waals surface area contributed by atoms with Gasteiger partial charge in [0.1, 0.15) is 30.1 Å². The number of allylic oxidation sites excluding steroid dienone is 3. The Balaban J connectivity index is 1.27. The Morgan fingerprint density at radius 3 is 2.33 bits per heavy atom. The molecular formula is C52H75N3O16S. The molecule has 5 heterocycles. The first-order valence-corrected chi connectivity index (χ1v) is 25.5. The van der Waals surface area contributed by atoms with Crippen LogP contribution in [0.25, 0.3) is 0 Å². The minimum absolute atomic E-state index is 0.0127. The second kappa shape index (κ2) is 27.5. The number of nitrogens with one attached hydrogen (secondary N) is 1. The lowest BCUT2D eigenvalue weighted by Crippen LogP contribution is -2.63. The molecule has 4 N–H and O–H groups in total. The zero-order valence-electron chi connectivity index (χ0n) is 42.8. The van der Waals surface area contributed by atoms with E-state index in [0.29, 0.717) is 29.1 Å². The number of fused-ring (bicyclic) bond motifs is 3. The minimum Gasteiger partial charge on any atom is -0.465 e. The van der Waals surface area contributed by atoms with Gasteiger partial charge in [-0.05, 0) is 84.0 Å². The van der Waals surface area contributed by atoms with Gasteiger partial charge in [-0.25, -0.2) is 0 Å². The number of rotatable bonds is 13. The van der Waals surface area contributed by atoms with E-state index in [1.807, 2.05) is 57.2 Å². The predicted octanol–water partition coefficient (Wildman–Crippen LogP) is 4.53. The Kier molecular flexibility index (Phi) is 21.9. The van der Waals surface area contributed by atoms with Gasteiger partial charge in [0.25, 0.3) is 5.91 Å². The number of amides is 1. The summed E-state index contributed by atoms with van der Waals surface area (Å²) in [5, 5.41) is 40.8. The topological polar surface area (TPSA) is 232 Å². The van der Waals surface area contributed by atoms with Crippen LogP contribution in [0, 0.1) is 23.7 Å². The molecule has 0 radical (unpaired) electrons. The van der Waals surface area contributed by atoms with Crippen LogP contribution in [0.2, 0.25) is 0 Å². The van der Waals surface area contributed by atoms with E-state index in [0.717, 1.165) is 10.5 Å². The molecule has 4 aliphatic heterocycles. The maximum Gasteiger partial charge on any atom is 0.308 e. The summed E-state index contributed by atoms with van der Waals surface area (Å²) in [6.07, 6.45) is -4.21. The van der Waals surface area contributed by atoms with Crippen molar-refractivity contribution < 1.29 is 77.2 Å². The van der Waals surface area contributed by atoms with E-state index in [4.69, 9.17) is 47.5 Å². The Hall–Kier alpha value is -4.00. The van der Waals surface area contributed by atoms with E-state index in [1.165, 1.54) is 31.6 Å². The number of oxime groups is 1. The van der Waals surface area contributed by atoms with Crippen molar-refractivity contribution in [2.24, 2.45) is 28.8 Å². The number of esters is 1. The molecule has 2 aromatic rings. The third-order valence-electron chi connectivity index (χ3n) is 13.7. The number of carbonyl (C=O) groups is 3. The molecule has 1 amide bonds. The molecule has 400 valence electrons. The smallest absolute Gasteiger partial charge is 0.308 e. The number of hydrogen-bond donors (Lipinski definition) is 4. The highest BCUT2D eigenvalue weighted by molar-refractivity contribution is 7.14. The van der Waals surface area contributed by atoms with E-state index in [9.17, 15) is 29.7 Å². The van der Waals surface area contributed by atoms with E-state index in [-0.39, 0.29) is 57.8 Å². The first-order valence-electron chi connectivity index (χ1n) is 24.7. The van der Waals surface area contributed by atoms with Crippen LogP contribution in [0.4, 0.5) is 5.69 Å². The van der Waals surface area contributed by atoms with Crippen molar-refractivity contribution in [2.45, 2.75) is 134 Å². The molecular weight excluding hydrogens is 955 g/mol. The standard InChI is InChI=1S/C52H75N3O16S/c1-29-15-17-39(56)30(2)22-35-19-20-64-26-37(54-68-28-38-16-18-41(72-38)50(61)53-36-13-11-10-12-14-36)27-65-40(31(3)47(35)71-51-46(60)43(55(6)7)44(58)32(4)69-51)23-42(57)66-24-34(21-29)25-67-52-49(63-9)48(62-8)45(59)33(5)70-52/h10-18,21,30-35,40,43-49,51-52,58-60H,19-20,22-28H2,1-9H3,(H,53,61)/b17-15+,29-21+,54-37+/t30-,31+,32-,33-,34+,35?,40-,43+,44-,45-,46-,47-,48-,49-,51+,52-/m1/s1. The normalized spacial score (nSPS) is 36.5. The Morgan fingerprint density at radius 1 is 0.889 bits per heavy atom. The lowest BCUT2D eigenvalue weighted by Gasteiger charge is -2.47. The molecule has 0 saturated carbocycles. The number of hydrogen-bond acceptors (Lipinski definition) is 19. The number of anilines is 1. The monoisotopic (exact) mass is 1030 g/mol. The average Bonchev–Trinajstić information content (AvgIpc) is 3.83. The van der Waals surface area contributed by atoms with Crippen molar-refractivity contribution >= 4 is 40.4 Å². The van der Waals surface area contributed by atoms with Crippen LogP contribution in [0.3, 0.4) is 0 Å². The molecule has 72 heavy (non-hydrogen) atoms. The molecule has 1 aromatic heterocycles. The summed E-state index contributed by atoms with van der Waals surface area (Å²) in [5.41, 5.74) is 1.80. The van der Waals surface area contributed by atoms with Gasteiger partial charge in [0.2, 0.25) is 0 Å². The lowest BCUT2D eigenvalue weighted by atomic mass is 9.79. The fourth-order valence-corrected chi connectivity index (χ4v) is 10.4. The summed E-state index contributed by atoms with van der Waals surface area (Å²) in [6, 6.07) is 12.0. The molecule has 16 atom stereocenters. The molecule has 0 aliphatic carbocycles. The summed E-state index contributed by atoms with van der Waals surface area (Å²) in [4.78, 5) is 49.9. The number of carbonyl (C=O) groups excluding carboxylic acids is 3. The van der Waals surface area contributed by atoms with E-state index in [1.54, 1.807) is 51.1 Å². The van der Waals surface area contributed by atoms with Crippen LogP contribution in [-0.2, 0) is 63.7 Å². The number of ketones is 1. The molecule has 3 fully saturated rings. The highest BCUT2D eigenvalue weighted by Crippen LogP contribution is 2.36. The second-order valence-corrected chi connectivity index (χ2v) is 20.6. The number of cyclic esters (lactones) is 1. The molecule has 3 saturated heterocycles. The van der Waals surface area contributed by atoms with Crippen molar-refractivity contribution in [2.75, 3.05) is 66.7 Å². The van der Waals surface area contributed by atoms with E-state index < -0.39 is 103 Å². The van der Waals surface area contributed by atoms with Crippen molar-refractivity contribution in [3.05, 3.63) is 76.0 Å². The summed E-state index contributed by atoms with van der Waals surface area (Å²) in [5.74, 6) is -2.96. The number of aliphatic hydroxyl groups is 3. The lowest BCUT2D eigenvalue weighted by molar-refractivity contribution is -0.305. The van der Waals surface area contributed by atoms with Crippen LogP contribution in [0.5, 0.6) is 0 Å². The van der Waals surface area contributed by atoms with Gasteiger partial charge >= 0.3 is 5.97 Å². The van der Waals surface area contributed by atoms with Gasteiger partial charge in [-0.1, -0.05) is 54.9 Å². The predicted molar refractivity (Wildman–Crippen MR) is 266 cm³/mol. The highest BCUT2D eigenvalue weighted by atomic mass is 32.1. The van der Waals surface area contributed by atoms with E-state index >= 15 is 0 Å². The quantitative estimate of drug-likeness (QED) is 0.160. The zero-order valence-corrected chi connectivity index (χ0v) is 43.6. The van der Waals surface area contributed by atoms with Crippen molar-refractivity contribution in [3.63, 3.8) is 0 Å². The fraction of sp³-hybridized carbons (Fsp3) is 0.654. The molecule has 2 bridgehead atoms. The van der Waals surface area contributed by atoms with Gasteiger partial charge in [0.05, 0.1) is 74.3 Å². The number of nitrogens with zero attached hydrogens (tertiary/aromatic N) is 2. The maximum atomic E-state index is 14.2. The number of para-hydroxylation sites is 1. The van der Waals surface area contributed by atoms with Crippen molar-refractivity contribution in [1.82, 2.24) is 4.90 Å². The number of aliphatic hydroxyl groups excluding tert-OH is 3. The third kappa shape index (κ3) is 15.5. The number of methoxy groups -OCH3 is 2. The summed E-state index contributed by atoms with van der Waals surface area (Å²) >= 11 is 1.28. The number of benzene rings is 1. The SMILES string of the molecule is CO[C@@H]1[C@H](O)[C@@H](C)O[C@@H](OC[C@H]2/C=C(C)/C=C/C(=O)[C@H](C)CC3CCOC/C(=N\OCc4ccc(C(=O)Nc5ccccc5)s4)CO[C@H](CC(=O)OC2)[C@H](C)[C@H]3O[C@@H]2O[C@H](C)[C@@H](O)[C@H](N(C)C)[C@H]2O)[C@@H]1OC. The zero-order chi connectivity index (χ0) is 52.1. The van der Waals surface area contributed by atoms with Crippen molar-refractivity contribution in [1.29, 1.82) is 0 Å². The molecule has 6 rings (SSSR count). The number of ether oxygens (including phenoxy) is 9. The first kappa shape index (κ1) is 57.3. The van der Waals surface area contributed by atoms with E-state index in [2.05, 4.69) is 10.5 Å². The minimum atomic E-state index is -1.27. The Labute approximate surface area is 426 Å². The summed E-state index contributed by atoms with van der Waals surface area (Å²) in [6.45, 7) is 9.10. The number of thiophene rings is 1. The Morgan fingerprint density at radius 2 is 1.61 bits per heavy atom. The van der Waals surface area contributed by atoms with Crippen LogP contribution in [-0.4, -0.2) is 178 Å². The largest absolute Gasteiger partial charge is 0.465 e. The van der Waals surface area contributed by atoms with Gasteiger partial charge in [-0.15, -0.1) is 11.3 Å². The van der Waals surface area contributed by atoms with Gasteiger partial charge in [-0.2, -0.15) is 0 Å². The molecule has 20 heteroatoms. The van der Waals surface area contributed by atoms with Crippen LogP contribution in [0.15, 0.2) is 71.4 Å². The Bertz CT molecular complexity index is 2140. The van der Waals surface area contributed by atoms with Gasteiger partial charge in [0, 0.05) is 49.1 Å². The van der Waals surface area contributed by atoms with Gasteiger partial charge < -0.3 is 73.0 Å². The molecule has 1 unspecified atom stereocenters. The molecule has 19 nitrogen and oxygen atoms in total. The van der Waals surface area contributed by atoms with Crippen LogP contribution in [0.1, 0.15) is 68.4 Å². The van der Waals surface area contributed by atoms with Crippen molar-refractivity contribution in [3.8, 4) is 0 Å². The number of likely N-dealkylation sites (N-methyl/N-ethyl adjacent to an activating group) is 1. The molecule has 4 aliphatic rings. The highest BCUT2D eigenvalue weighted by Gasteiger charge is 2.48. The first-order chi connectivity index (χ1) is 34.5. The molecule has 0 spiro atoms. The molecule has 1 aromatic carbocycles. The van der Waals surface area contributed by atoms with Crippen LogP contribution >= 0.6 is 11.3 Å². The van der Waals surface area contributed by atoms with Crippen LogP contribution < -0.4 is 5.32 Å². The average molecular weight is 1030 g/mol. The van der Waals surface area contributed by atoms with Gasteiger partial charge in [-0.3, -0.25) is 14.4 Å². The summed E-state index contributed by atoms with van der Waals surface area (Å²) < 4.78 is 55.4. The second-order valence-electron chi connectivity index (χ2n) is 19.4. The third-order valence-corrected chi connectivity index (χ3v) is 14.8. The fourth-order valence-electron chi connectivity index (χ4n) is 9.58.